The van der Waals surface area contributed by atoms with E-state index in [9.17, 15) is 0 Å². The lowest BCUT2D eigenvalue weighted by Gasteiger charge is -2.40. The van der Waals surface area contributed by atoms with E-state index in [1.807, 2.05) is 0 Å². The van der Waals surface area contributed by atoms with Gasteiger partial charge < -0.3 is 16.0 Å². The zero-order chi connectivity index (χ0) is 20.8. The minimum absolute atomic E-state index is 0.238. The lowest BCUT2D eigenvalue weighted by atomic mass is 9.96. The summed E-state index contributed by atoms with van der Waals surface area (Å²) in [7, 11) is 0. The molecule has 0 saturated carbocycles. The van der Waals surface area contributed by atoms with Crippen LogP contribution in [-0.2, 0) is 0 Å². The van der Waals surface area contributed by atoms with Gasteiger partial charge in [-0.15, -0.1) is 6.58 Å². The van der Waals surface area contributed by atoms with Crippen molar-refractivity contribution in [2.45, 2.75) is 6.04 Å². The number of nitrogens with two attached hydrogens (primary N) is 1. The molecule has 30 heavy (non-hydrogen) atoms. The summed E-state index contributed by atoms with van der Waals surface area (Å²) in [6.45, 7) is 7.91. The van der Waals surface area contributed by atoms with Gasteiger partial charge in [-0.2, -0.15) is 0 Å². The molecular weight excluding hydrogens is 372 g/mol. The number of nitrogens with one attached hydrogen (secondary N) is 1. The molecule has 4 rings (SSSR count). The number of nitrogens with zero attached hydrogens (tertiary/aromatic N) is 4. The number of piperazine rings is 1. The van der Waals surface area contributed by atoms with E-state index < -0.39 is 0 Å². The molecule has 0 radical (unpaired) electrons. The molecule has 6 nitrogen and oxygen atoms in total. The number of aromatic nitrogens is 2. The first-order valence-electron chi connectivity index (χ1n) is 10.3. The Kier molecular flexibility index (Phi) is 6.25. The quantitative estimate of drug-likeness (QED) is 0.591. The first-order valence-corrected chi connectivity index (χ1v) is 10.3. The Hall–Kier alpha value is -3.38. The molecule has 1 saturated heterocycles. The molecule has 0 unspecified atom stereocenters. The Bertz CT molecular complexity index is 912. The van der Waals surface area contributed by atoms with E-state index in [0.29, 0.717) is 18.1 Å². The van der Waals surface area contributed by atoms with Crippen LogP contribution < -0.4 is 16.0 Å². The molecule has 3 aromatic rings. The minimum atomic E-state index is 0.238. The Balaban J connectivity index is 1.52. The van der Waals surface area contributed by atoms with Crippen LogP contribution in [0.15, 0.2) is 79.6 Å². The third-order valence-corrected chi connectivity index (χ3v) is 5.49. The number of benzene rings is 2. The van der Waals surface area contributed by atoms with Crippen LogP contribution in [0, 0.1) is 0 Å². The molecule has 1 aliphatic heterocycles. The number of rotatable bonds is 7. The van der Waals surface area contributed by atoms with Crippen LogP contribution in [0.25, 0.3) is 0 Å². The van der Waals surface area contributed by atoms with E-state index in [1.54, 1.807) is 12.4 Å². The Labute approximate surface area is 178 Å². The van der Waals surface area contributed by atoms with Crippen LogP contribution >= 0.6 is 0 Å². The molecule has 2 heterocycles. The van der Waals surface area contributed by atoms with E-state index in [2.05, 4.69) is 92.3 Å². The smallest absolute Gasteiger partial charge is 0.157 e. The van der Waals surface area contributed by atoms with E-state index in [0.717, 1.165) is 32.0 Å². The zero-order valence-electron chi connectivity index (χ0n) is 17.1. The summed E-state index contributed by atoms with van der Waals surface area (Å²) in [6.07, 6.45) is 3.35. The highest BCUT2D eigenvalue weighted by molar-refractivity contribution is 5.75. The van der Waals surface area contributed by atoms with E-state index >= 15 is 0 Å². The minimum Gasteiger partial charge on any atom is -0.393 e. The van der Waals surface area contributed by atoms with Crippen molar-refractivity contribution in [1.29, 1.82) is 0 Å². The van der Waals surface area contributed by atoms with Gasteiger partial charge in [0.25, 0.3) is 0 Å². The van der Waals surface area contributed by atoms with Gasteiger partial charge >= 0.3 is 0 Å². The van der Waals surface area contributed by atoms with Gasteiger partial charge in [-0.05, 0) is 11.1 Å². The molecule has 6 heteroatoms. The van der Waals surface area contributed by atoms with Gasteiger partial charge in [0, 0.05) is 32.7 Å². The molecule has 3 N–H and O–H groups in total. The lowest BCUT2D eigenvalue weighted by molar-refractivity contribution is 0.212. The average molecular weight is 401 g/mol. The standard InChI is InChI=1S/C24H28N6/c1-2-13-26-23-21(25)24(28-18-27-23)30-16-14-29(15-17-30)22(19-9-5-3-6-10-19)20-11-7-4-8-12-20/h2-12,18,22H,1,13-17,25H2,(H,26,27,28). The number of hydrogen-bond acceptors (Lipinski definition) is 6. The second kappa shape index (κ2) is 9.41. The largest absolute Gasteiger partial charge is 0.393 e. The number of anilines is 3. The molecule has 0 amide bonds. The monoisotopic (exact) mass is 400 g/mol. The van der Waals surface area contributed by atoms with E-state index in [1.165, 1.54) is 11.1 Å². The third-order valence-electron chi connectivity index (χ3n) is 5.49. The first kappa shape index (κ1) is 19.9. The fourth-order valence-corrected chi connectivity index (χ4v) is 4.02. The molecular formula is C24H28N6. The second-order valence-electron chi connectivity index (χ2n) is 7.38. The van der Waals surface area contributed by atoms with Crippen molar-refractivity contribution < 1.29 is 0 Å². The van der Waals surface area contributed by atoms with E-state index in [4.69, 9.17) is 5.73 Å². The maximum atomic E-state index is 6.35. The van der Waals surface area contributed by atoms with Crippen molar-refractivity contribution in [3.8, 4) is 0 Å². The van der Waals surface area contributed by atoms with Crippen LogP contribution in [0.2, 0.25) is 0 Å². The van der Waals surface area contributed by atoms with Crippen LogP contribution in [0.3, 0.4) is 0 Å². The van der Waals surface area contributed by atoms with Crippen molar-refractivity contribution >= 4 is 17.3 Å². The fourth-order valence-electron chi connectivity index (χ4n) is 4.02. The summed E-state index contributed by atoms with van der Waals surface area (Å²) in [4.78, 5) is 13.5. The highest BCUT2D eigenvalue weighted by atomic mass is 15.3. The van der Waals surface area contributed by atoms with Crippen LogP contribution in [0.1, 0.15) is 17.2 Å². The second-order valence-corrected chi connectivity index (χ2v) is 7.38. The summed E-state index contributed by atoms with van der Waals surface area (Å²) in [5.74, 6) is 1.46. The maximum Gasteiger partial charge on any atom is 0.157 e. The average Bonchev–Trinajstić information content (AvgIpc) is 2.81. The van der Waals surface area contributed by atoms with Gasteiger partial charge in [-0.3, -0.25) is 4.90 Å². The van der Waals surface area contributed by atoms with Gasteiger partial charge in [0.2, 0.25) is 0 Å². The number of nitrogen functional groups attached to an aromatic ring is 1. The molecule has 0 bridgehead atoms. The highest BCUT2D eigenvalue weighted by Gasteiger charge is 2.27. The van der Waals surface area contributed by atoms with Crippen molar-refractivity contribution in [2.24, 2.45) is 0 Å². The molecule has 154 valence electrons. The Morgan fingerprint density at radius 2 is 1.53 bits per heavy atom. The normalized spacial score (nSPS) is 14.6. The Morgan fingerprint density at radius 3 is 2.10 bits per heavy atom. The zero-order valence-corrected chi connectivity index (χ0v) is 17.1. The van der Waals surface area contributed by atoms with Crippen LogP contribution in [-0.4, -0.2) is 47.6 Å². The van der Waals surface area contributed by atoms with Gasteiger partial charge in [0.15, 0.2) is 11.6 Å². The summed E-state index contributed by atoms with van der Waals surface area (Å²) in [6, 6.07) is 21.7. The first-order chi connectivity index (χ1) is 14.8. The van der Waals surface area contributed by atoms with Crippen LogP contribution in [0.5, 0.6) is 0 Å². The molecule has 0 aliphatic carbocycles. The summed E-state index contributed by atoms with van der Waals surface area (Å²) in [5.41, 5.74) is 9.58. The molecule has 1 aliphatic rings. The van der Waals surface area contributed by atoms with Crippen molar-refractivity contribution in [1.82, 2.24) is 14.9 Å². The summed E-state index contributed by atoms with van der Waals surface area (Å²) < 4.78 is 0. The van der Waals surface area contributed by atoms with E-state index in [-0.39, 0.29) is 6.04 Å². The van der Waals surface area contributed by atoms with Crippen molar-refractivity contribution in [3.05, 3.63) is 90.8 Å². The van der Waals surface area contributed by atoms with Crippen molar-refractivity contribution in [3.63, 3.8) is 0 Å². The Morgan fingerprint density at radius 1 is 0.933 bits per heavy atom. The predicted octanol–water partition coefficient (Wildman–Crippen LogP) is 3.57. The maximum absolute atomic E-state index is 6.35. The van der Waals surface area contributed by atoms with Gasteiger partial charge in [0.05, 0.1) is 6.04 Å². The van der Waals surface area contributed by atoms with Gasteiger partial charge in [0.1, 0.15) is 12.0 Å². The number of hydrogen-bond donors (Lipinski definition) is 2. The molecule has 1 fully saturated rings. The topological polar surface area (TPSA) is 70.3 Å². The van der Waals surface area contributed by atoms with Crippen LogP contribution in [0.4, 0.5) is 17.3 Å². The summed E-state index contributed by atoms with van der Waals surface area (Å²) in [5, 5.41) is 3.18. The molecule has 1 aromatic heterocycles. The highest BCUT2D eigenvalue weighted by Crippen LogP contribution is 2.32. The van der Waals surface area contributed by atoms with Crippen molar-refractivity contribution in [2.75, 3.05) is 48.7 Å². The third kappa shape index (κ3) is 4.28. The fraction of sp³-hybridized carbons (Fsp3) is 0.250. The van der Waals surface area contributed by atoms with Gasteiger partial charge in [-0.1, -0.05) is 66.7 Å². The molecule has 0 spiro atoms. The molecule has 2 aromatic carbocycles. The summed E-state index contributed by atoms with van der Waals surface area (Å²) >= 11 is 0. The SMILES string of the molecule is C=CCNc1ncnc(N2CCN(C(c3ccccc3)c3ccccc3)CC2)c1N. The molecule has 0 atom stereocenters. The van der Waals surface area contributed by atoms with Gasteiger partial charge in [-0.25, -0.2) is 9.97 Å². The predicted molar refractivity (Wildman–Crippen MR) is 124 cm³/mol. The lowest BCUT2D eigenvalue weighted by Crippen LogP contribution is -2.48.